The van der Waals surface area contributed by atoms with Crippen LogP contribution in [0, 0.1) is 0 Å². The molecule has 10 heavy (non-hydrogen) atoms. The minimum Gasteiger partial charge on any atom is -0.386 e. The molecule has 1 aliphatic heterocycles. The largest absolute Gasteiger partial charge is 0.386 e. The van der Waals surface area contributed by atoms with Crippen molar-refractivity contribution in [2.75, 3.05) is 0 Å². The van der Waals surface area contributed by atoms with E-state index in [1.807, 2.05) is 0 Å². The van der Waals surface area contributed by atoms with Crippen LogP contribution in [-0.4, -0.2) is 8.42 Å². The molecule has 56 valence electrons. The van der Waals surface area contributed by atoms with Gasteiger partial charge in [-0.25, -0.2) is 0 Å². The first-order valence-electron chi connectivity index (χ1n) is 2.57. The van der Waals surface area contributed by atoms with Gasteiger partial charge in [0.1, 0.15) is 6.26 Å². The monoisotopic (exact) mass is 164 g/mol. The highest BCUT2D eigenvalue weighted by Crippen LogP contribution is 2.14. The molecular weight excluding hydrogens is 159 g/mol. The van der Waals surface area contributed by atoms with Crippen molar-refractivity contribution in [2.24, 2.45) is 0 Å². The van der Waals surface area contributed by atoms with Gasteiger partial charge in [0.2, 0.25) is 5.16 Å². The zero-order chi connectivity index (χ0) is 7.61. The zero-order valence-electron chi connectivity index (χ0n) is 4.95. The van der Waals surface area contributed by atoms with Gasteiger partial charge in [-0.05, 0) is 18.6 Å². The van der Waals surface area contributed by atoms with Gasteiger partial charge >= 0.3 is 10.1 Å². The van der Waals surface area contributed by atoms with Crippen LogP contribution < -0.4 is 0 Å². The van der Waals surface area contributed by atoms with Crippen molar-refractivity contribution in [1.82, 2.24) is 0 Å². The molecule has 0 saturated heterocycles. The van der Waals surface area contributed by atoms with Gasteiger partial charge in [-0.15, -0.1) is 0 Å². The number of hydrogen-bond acceptors (Lipinski definition) is 3. The molecule has 0 atom stereocenters. The standard InChI is InChI=1S/C5H5FO3S/c6-5-3-1-2-4-9-10(5,7)8/h2-4H,1H2. The molecule has 0 saturated carbocycles. The predicted molar refractivity (Wildman–Crippen MR) is 33.0 cm³/mol. The second-order valence-corrected chi connectivity index (χ2v) is 3.16. The Morgan fingerprint density at radius 3 is 3.00 bits per heavy atom. The van der Waals surface area contributed by atoms with Crippen LogP contribution in [0.15, 0.2) is 23.6 Å². The topological polar surface area (TPSA) is 43.4 Å². The summed E-state index contributed by atoms with van der Waals surface area (Å²) in [5, 5.41) is -1.22. The van der Waals surface area contributed by atoms with Gasteiger partial charge in [-0.1, -0.05) is 0 Å². The smallest absolute Gasteiger partial charge is 0.365 e. The molecule has 0 spiro atoms. The summed E-state index contributed by atoms with van der Waals surface area (Å²) in [5.41, 5.74) is 0. The number of hydrogen-bond donors (Lipinski definition) is 0. The normalized spacial score (nSPS) is 22.7. The van der Waals surface area contributed by atoms with Crippen molar-refractivity contribution in [3.63, 3.8) is 0 Å². The summed E-state index contributed by atoms with van der Waals surface area (Å²) in [6.07, 6.45) is 3.55. The highest BCUT2D eigenvalue weighted by Gasteiger charge is 2.18. The Bertz CT molecular complexity index is 275. The molecule has 0 aromatic heterocycles. The highest BCUT2D eigenvalue weighted by molar-refractivity contribution is 7.90. The summed E-state index contributed by atoms with van der Waals surface area (Å²) in [4.78, 5) is 0. The van der Waals surface area contributed by atoms with E-state index >= 15 is 0 Å². The van der Waals surface area contributed by atoms with Gasteiger partial charge in [0, 0.05) is 0 Å². The summed E-state index contributed by atoms with van der Waals surface area (Å²) in [7, 11) is -4.09. The van der Waals surface area contributed by atoms with E-state index in [-0.39, 0.29) is 6.42 Å². The Morgan fingerprint density at radius 2 is 2.30 bits per heavy atom. The SMILES string of the molecule is O=S1(=O)OC=CCC=C1F. The molecule has 0 bridgehead atoms. The van der Waals surface area contributed by atoms with E-state index in [1.165, 1.54) is 6.08 Å². The van der Waals surface area contributed by atoms with E-state index in [2.05, 4.69) is 4.18 Å². The second-order valence-electron chi connectivity index (χ2n) is 1.67. The maximum absolute atomic E-state index is 12.3. The third kappa shape index (κ3) is 1.36. The van der Waals surface area contributed by atoms with Gasteiger partial charge < -0.3 is 4.18 Å². The number of allylic oxidation sites excluding steroid dienone is 2. The quantitative estimate of drug-likeness (QED) is 0.503. The van der Waals surface area contributed by atoms with Crippen molar-refractivity contribution in [3.05, 3.63) is 23.6 Å². The van der Waals surface area contributed by atoms with Crippen molar-refractivity contribution in [1.29, 1.82) is 0 Å². The number of rotatable bonds is 0. The third-order valence-corrected chi connectivity index (χ3v) is 1.94. The van der Waals surface area contributed by atoms with Crippen molar-refractivity contribution < 1.29 is 17.0 Å². The first kappa shape index (κ1) is 7.27. The van der Waals surface area contributed by atoms with Crippen LogP contribution in [0.5, 0.6) is 0 Å². The maximum Gasteiger partial charge on any atom is 0.365 e. The molecule has 3 nitrogen and oxygen atoms in total. The van der Waals surface area contributed by atoms with E-state index in [0.29, 0.717) is 0 Å². The maximum atomic E-state index is 12.3. The highest BCUT2D eigenvalue weighted by atomic mass is 32.2. The fraction of sp³-hybridized carbons (Fsp3) is 0.200. The summed E-state index contributed by atoms with van der Waals surface area (Å²) < 4.78 is 37.4. The van der Waals surface area contributed by atoms with Gasteiger partial charge in [-0.3, -0.25) is 0 Å². The van der Waals surface area contributed by atoms with Crippen LogP contribution in [-0.2, 0) is 14.3 Å². The summed E-state index contributed by atoms with van der Waals surface area (Å²) in [5.74, 6) is 0. The molecule has 1 rings (SSSR count). The molecule has 0 aromatic carbocycles. The predicted octanol–water partition coefficient (Wildman–Crippen LogP) is 1.06. The minimum absolute atomic E-state index is 0.241. The summed E-state index contributed by atoms with van der Waals surface area (Å²) >= 11 is 0. The average molecular weight is 164 g/mol. The van der Waals surface area contributed by atoms with Crippen LogP contribution in [0.3, 0.4) is 0 Å². The van der Waals surface area contributed by atoms with E-state index in [4.69, 9.17) is 0 Å². The minimum atomic E-state index is -4.09. The lowest BCUT2D eigenvalue weighted by Gasteiger charge is -1.94. The van der Waals surface area contributed by atoms with Gasteiger partial charge in [-0.2, -0.15) is 12.8 Å². The molecule has 0 aliphatic carbocycles. The molecular formula is C5H5FO3S. The van der Waals surface area contributed by atoms with Crippen LogP contribution in [0.4, 0.5) is 4.39 Å². The van der Waals surface area contributed by atoms with E-state index < -0.39 is 15.3 Å². The first-order valence-corrected chi connectivity index (χ1v) is 3.98. The molecule has 1 heterocycles. The van der Waals surface area contributed by atoms with E-state index in [9.17, 15) is 12.8 Å². The van der Waals surface area contributed by atoms with Gasteiger partial charge in [0.05, 0.1) is 0 Å². The molecule has 0 amide bonds. The Kier molecular flexibility index (Phi) is 1.76. The molecule has 0 radical (unpaired) electrons. The van der Waals surface area contributed by atoms with E-state index in [0.717, 1.165) is 12.3 Å². The fourth-order valence-corrected chi connectivity index (χ4v) is 1.09. The molecule has 0 aromatic rings. The van der Waals surface area contributed by atoms with Crippen LogP contribution >= 0.6 is 0 Å². The first-order chi connectivity index (χ1) is 4.63. The van der Waals surface area contributed by atoms with Gasteiger partial charge in [0.25, 0.3) is 0 Å². The summed E-state index contributed by atoms with van der Waals surface area (Å²) in [6.45, 7) is 0. The Morgan fingerprint density at radius 1 is 1.60 bits per heavy atom. The Hall–Kier alpha value is -0.840. The fourth-order valence-electron chi connectivity index (χ4n) is 0.477. The lowest BCUT2D eigenvalue weighted by molar-refractivity contribution is 0.438. The average Bonchev–Trinajstić information content (AvgIpc) is 1.96. The molecule has 0 N–H and O–H groups in total. The van der Waals surface area contributed by atoms with Crippen LogP contribution in [0.1, 0.15) is 6.42 Å². The lowest BCUT2D eigenvalue weighted by Crippen LogP contribution is -1.99. The van der Waals surface area contributed by atoms with Crippen molar-refractivity contribution in [3.8, 4) is 0 Å². The lowest BCUT2D eigenvalue weighted by atomic mass is 10.4. The second kappa shape index (κ2) is 2.42. The molecule has 5 heteroatoms. The molecule has 0 unspecified atom stereocenters. The number of halogens is 1. The molecule has 0 fully saturated rings. The van der Waals surface area contributed by atoms with Crippen molar-refractivity contribution in [2.45, 2.75) is 6.42 Å². The third-order valence-electron chi connectivity index (χ3n) is 0.932. The van der Waals surface area contributed by atoms with Crippen LogP contribution in [0.25, 0.3) is 0 Å². The Labute approximate surface area is 57.9 Å². The Balaban J connectivity index is 3.05. The van der Waals surface area contributed by atoms with Gasteiger partial charge in [0.15, 0.2) is 0 Å². The van der Waals surface area contributed by atoms with E-state index in [1.54, 1.807) is 0 Å². The van der Waals surface area contributed by atoms with Crippen molar-refractivity contribution >= 4 is 10.1 Å². The van der Waals surface area contributed by atoms with Crippen LogP contribution in [0.2, 0.25) is 0 Å². The molecule has 1 aliphatic rings. The summed E-state index contributed by atoms with van der Waals surface area (Å²) in [6, 6.07) is 0. The zero-order valence-corrected chi connectivity index (χ0v) is 5.77.